The Hall–Kier alpha value is -1.65. The maximum Gasteiger partial charge on any atom is 0.331 e. The second-order valence-corrected chi connectivity index (χ2v) is 5.13. The van der Waals surface area contributed by atoms with Crippen LogP contribution in [-0.2, 0) is 16.1 Å². The fraction of sp³-hybridized carbons (Fsp3) is 0.0769. The van der Waals surface area contributed by atoms with Crippen molar-refractivity contribution in [2.24, 2.45) is 0 Å². The summed E-state index contributed by atoms with van der Waals surface area (Å²) < 4.78 is 5.49. The number of hydrogen-bond acceptors (Lipinski definition) is 4. The maximum atomic E-state index is 11.4. The SMILES string of the molecule is O=C(/C=C/c1ccccc1)OCc1cnc(Cl)s1. The molecule has 3 nitrogen and oxygen atoms in total. The van der Waals surface area contributed by atoms with Crippen LogP contribution >= 0.6 is 22.9 Å². The van der Waals surface area contributed by atoms with Gasteiger partial charge in [0.1, 0.15) is 6.61 Å². The Labute approximate surface area is 114 Å². The summed E-state index contributed by atoms with van der Waals surface area (Å²) in [6, 6.07) is 9.55. The van der Waals surface area contributed by atoms with E-state index in [0.29, 0.717) is 4.47 Å². The van der Waals surface area contributed by atoms with Gasteiger partial charge in [0.25, 0.3) is 0 Å². The minimum atomic E-state index is -0.386. The molecule has 0 radical (unpaired) electrons. The summed E-state index contributed by atoms with van der Waals surface area (Å²) in [6.45, 7) is 0.197. The third-order valence-electron chi connectivity index (χ3n) is 2.09. The molecule has 18 heavy (non-hydrogen) atoms. The van der Waals surface area contributed by atoms with Crippen molar-refractivity contribution in [3.05, 3.63) is 57.5 Å². The van der Waals surface area contributed by atoms with Crippen molar-refractivity contribution in [2.75, 3.05) is 0 Å². The van der Waals surface area contributed by atoms with E-state index in [0.717, 1.165) is 10.4 Å². The van der Waals surface area contributed by atoms with Crippen LogP contribution in [0.2, 0.25) is 4.47 Å². The fourth-order valence-corrected chi connectivity index (χ4v) is 2.16. The van der Waals surface area contributed by atoms with Crippen molar-refractivity contribution in [3.63, 3.8) is 0 Å². The summed E-state index contributed by atoms with van der Waals surface area (Å²) in [6.07, 6.45) is 4.71. The lowest BCUT2D eigenvalue weighted by molar-refractivity contribution is -0.138. The number of aromatic nitrogens is 1. The molecule has 2 rings (SSSR count). The molecular formula is C13H10ClNO2S. The Balaban J connectivity index is 1.84. The zero-order valence-electron chi connectivity index (χ0n) is 9.38. The van der Waals surface area contributed by atoms with E-state index in [2.05, 4.69) is 4.98 Å². The predicted octanol–water partition coefficient (Wildman–Crippen LogP) is 3.55. The van der Waals surface area contributed by atoms with Gasteiger partial charge in [-0.15, -0.1) is 11.3 Å². The van der Waals surface area contributed by atoms with Gasteiger partial charge >= 0.3 is 5.97 Å². The van der Waals surface area contributed by atoms with E-state index in [1.165, 1.54) is 17.4 Å². The second kappa shape index (κ2) is 6.33. The molecule has 0 saturated carbocycles. The predicted molar refractivity (Wildman–Crippen MR) is 72.4 cm³/mol. The van der Waals surface area contributed by atoms with Crippen LogP contribution < -0.4 is 0 Å². The van der Waals surface area contributed by atoms with Gasteiger partial charge in [-0.25, -0.2) is 9.78 Å². The second-order valence-electron chi connectivity index (χ2n) is 3.43. The molecule has 1 aromatic carbocycles. The molecular weight excluding hydrogens is 270 g/mol. The van der Waals surface area contributed by atoms with Gasteiger partial charge in [0.2, 0.25) is 0 Å². The van der Waals surface area contributed by atoms with E-state index in [9.17, 15) is 4.79 Å². The van der Waals surface area contributed by atoms with Crippen LogP contribution in [-0.4, -0.2) is 11.0 Å². The number of thiazole rings is 1. The largest absolute Gasteiger partial charge is 0.457 e. The zero-order chi connectivity index (χ0) is 12.8. The van der Waals surface area contributed by atoms with E-state index in [1.807, 2.05) is 30.3 Å². The lowest BCUT2D eigenvalue weighted by Gasteiger charge is -1.98. The van der Waals surface area contributed by atoms with Crippen LogP contribution in [0.1, 0.15) is 10.4 Å². The number of carbonyl (C=O) groups excluding carboxylic acids is 1. The van der Waals surface area contributed by atoms with Gasteiger partial charge in [0, 0.05) is 12.3 Å². The van der Waals surface area contributed by atoms with Gasteiger partial charge in [-0.2, -0.15) is 0 Å². The first-order valence-corrected chi connectivity index (χ1v) is 6.43. The van der Waals surface area contributed by atoms with Gasteiger partial charge in [-0.3, -0.25) is 0 Å². The maximum absolute atomic E-state index is 11.4. The molecule has 5 heteroatoms. The highest BCUT2D eigenvalue weighted by Gasteiger charge is 2.02. The van der Waals surface area contributed by atoms with Crippen molar-refractivity contribution in [1.82, 2.24) is 4.98 Å². The van der Waals surface area contributed by atoms with Gasteiger partial charge in [-0.05, 0) is 11.6 Å². The van der Waals surface area contributed by atoms with Crippen LogP contribution in [0.15, 0.2) is 42.6 Å². The van der Waals surface area contributed by atoms with Crippen LogP contribution in [0.25, 0.3) is 6.08 Å². The fourth-order valence-electron chi connectivity index (χ4n) is 1.27. The van der Waals surface area contributed by atoms with E-state index in [1.54, 1.807) is 12.3 Å². The molecule has 0 aliphatic carbocycles. The van der Waals surface area contributed by atoms with Crippen LogP contribution in [0, 0.1) is 0 Å². The molecule has 0 saturated heterocycles. The van der Waals surface area contributed by atoms with Gasteiger partial charge < -0.3 is 4.74 Å². The summed E-state index contributed by atoms with van der Waals surface area (Å²) >= 11 is 6.97. The Morgan fingerprint density at radius 1 is 1.39 bits per heavy atom. The number of carbonyl (C=O) groups is 1. The van der Waals surface area contributed by atoms with Gasteiger partial charge in [-0.1, -0.05) is 41.9 Å². The van der Waals surface area contributed by atoms with E-state index in [4.69, 9.17) is 16.3 Å². The number of nitrogens with zero attached hydrogens (tertiary/aromatic N) is 1. The van der Waals surface area contributed by atoms with Crippen LogP contribution in [0.5, 0.6) is 0 Å². The molecule has 1 aromatic heterocycles. The van der Waals surface area contributed by atoms with Gasteiger partial charge in [0.15, 0.2) is 4.47 Å². The Morgan fingerprint density at radius 3 is 2.83 bits per heavy atom. The molecule has 0 aliphatic rings. The standard InChI is InChI=1S/C13H10ClNO2S/c14-13-15-8-11(18-13)9-17-12(16)7-6-10-4-2-1-3-5-10/h1-8H,9H2/b7-6+. The third-order valence-corrected chi connectivity index (χ3v) is 3.18. The number of hydrogen-bond donors (Lipinski definition) is 0. The summed E-state index contributed by atoms with van der Waals surface area (Å²) in [7, 11) is 0. The Morgan fingerprint density at radius 2 is 2.17 bits per heavy atom. The van der Waals surface area contributed by atoms with Crippen molar-refractivity contribution >= 4 is 35.0 Å². The molecule has 0 bridgehead atoms. The minimum Gasteiger partial charge on any atom is -0.457 e. The summed E-state index contributed by atoms with van der Waals surface area (Å²) in [5, 5.41) is 0. The Kier molecular flexibility index (Phi) is 4.50. The molecule has 92 valence electrons. The number of esters is 1. The van der Waals surface area contributed by atoms with Crippen molar-refractivity contribution in [3.8, 4) is 0 Å². The number of ether oxygens (including phenoxy) is 1. The number of halogens is 1. The van der Waals surface area contributed by atoms with Crippen molar-refractivity contribution in [1.29, 1.82) is 0 Å². The Bertz CT molecular complexity index is 551. The summed E-state index contributed by atoms with van der Waals surface area (Å²) in [4.78, 5) is 16.1. The number of rotatable bonds is 4. The van der Waals surface area contributed by atoms with Crippen molar-refractivity contribution < 1.29 is 9.53 Å². The highest BCUT2D eigenvalue weighted by atomic mass is 35.5. The molecule has 0 aliphatic heterocycles. The lowest BCUT2D eigenvalue weighted by Crippen LogP contribution is -1.99. The smallest absolute Gasteiger partial charge is 0.331 e. The summed E-state index contributed by atoms with van der Waals surface area (Å²) in [5.74, 6) is -0.386. The topological polar surface area (TPSA) is 39.2 Å². The molecule has 0 unspecified atom stereocenters. The molecule has 0 N–H and O–H groups in total. The molecule has 0 atom stereocenters. The molecule has 1 heterocycles. The average Bonchev–Trinajstić information content (AvgIpc) is 2.81. The monoisotopic (exact) mass is 279 g/mol. The molecule has 0 spiro atoms. The molecule has 0 fully saturated rings. The molecule has 0 amide bonds. The van der Waals surface area contributed by atoms with E-state index >= 15 is 0 Å². The van der Waals surface area contributed by atoms with Crippen molar-refractivity contribution in [2.45, 2.75) is 6.61 Å². The quantitative estimate of drug-likeness (QED) is 0.635. The molecule has 2 aromatic rings. The first-order chi connectivity index (χ1) is 8.74. The summed E-state index contributed by atoms with van der Waals surface area (Å²) in [5.41, 5.74) is 0.954. The lowest BCUT2D eigenvalue weighted by atomic mass is 10.2. The normalized spacial score (nSPS) is 10.7. The van der Waals surface area contributed by atoms with Gasteiger partial charge in [0.05, 0.1) is 4.88 Å². The van der Waals surface area contributed by atoms with E-state index in [-0.39, 0.29) is 12.6 Å². The van der Waals surface area contributed by atoms with Crippen LogP contribution in [0.3, 0.4) is 0 Å². The van der Waals surface area contributed by atoms with Crippen LogP contribution in [0.4, 0.5) is 0 Å². The zero-order valence-corrected chi connectivity index (χ0v) is 10.9. The highest BCUT2D eigenvalue weighted by Crippen LogP contribution is 2.18. The third kappa shape index (κ3) is 3.98. The van der Waals surface area contributed by atoms with E-state index < -0.39 is 0 Å². The first kappa shape index (κ1) is 12.8. The first-order valence-electron chi connectivity index (χ1n) is 5.24. The average molecular weight is 280 g/mol. The minimum absolute atomic E-state index is 0.197. The number of benzene rings is 1. The highest BCUT2D eigenvalue weighted by molar-refractivity contribution is 7.15.